The van der Waals surface area contributed by atoms with Crippen LogP contribution in [0.2, 0.25) is 10.0 Å². The lowest BCUT2D eigenvalue weighted by atomic mass is 10.2. The van der Waals surface area contributed by atoms with Crippen molar-refractivity contribution in [3.8, 4) is 0 Å². The van der Waals surface area contributed by atoms with E-state index in [-0.39, 0.29) is 0 Å². The second-order valence-electron chi connectivity index (χ2n) is 1.89. The minimum Gasteiger partial charge on any atom is -0.411 e. The van der Waals surface area contributed by atoms with Crippen LogP contribution in [-0.2, 0) is 0 Å². The summed E-state index contributed by atoms with van der Waals surface area (Å²) >= 11 is 11.4. The van der Waals surface area contributed by atoms with Crippen LogP contribution in [0.5, 0.6) is 0 Å². The Labute approximate surface area is 74.0 Å². The monoisotopic (exact) mass is 189 g/mol. The number of rotatable bonds is 1. The van der Waals surface area contributed by atoms with Crippen molar-refractivity contribution >= 4 is 29.4 Å². The summed E-state index contributed by atoms with van der Waals surface area (Å²) in [5.41, 5.74) is 0.599. The Morgan fingerprint density at radius 3 is 2.73 bits per heavy atom. The highest BCUT2D eigenvalue weighted by molar-refractivity contribution is 6.43. The molecule has 0 saturated heterocycles. The maximum Gasteiger partial charge on any atom is 0.0749 e. The molecule has 11 heavy (non-hydrogen) atoms. The van der Waals surface area contributed by atoms with Crippen molar-refractivity contribution < 1.29 is 5.21 Å². The maximum atomic E-state index is 8.20. The number of halogens is 2. The summed E-state index contributed by atoms with van der Waals surface area (Å²) in [4.78, 5) is 0. The molecule has 0 bridgehead atoms. The van der Waals surface area contributed by atoms with E-state index in [2.05, 4.69) is 5.16 Å². The fraction of sp³-hybridized carbons (Fsp3) is 0. The second kappa shape index (κ2) is 3.60. The molecule has 4 heteroatoms. The van der Waals surface area contributed by atoms with Gasteiger partial charge in [-0.15, -0.1) is 0 Å². The minimum atomic E-state index is 0.395. The molecule has 0 atom stereocenters. The van der Waals surface area contributed by atoms with Crippen LogP contribution in [0.15, 0.2) is 23.4 Å². The topological polar surface area (TPSA) is 32.6 Å². The van der Waals surface area contributed by atoms with Gasteiger partial charge in [0.1, 0.15) is 0 Å². The molecule has 0 radical (unpaired) electrons. The van der Waals surface area contributed by atoms with Crippen molar-refractivity contribution in [3.63, 3.8) is 0 Å². The molecule has 0 aliphatic rings. The molecule has 2 nitrogen and oxygen atoms in total. The molecule has 0 aromatic heterocycles. The molecule has 0 spiro atoms. The van der Waals surface area contributed by atoms with Gasteiger partial charge in [0, 0.05) is 5.56 Å². The van der Waals surface area contributed by atoms with Gasteiger partial charge in [0.2, 0.25) is 0 Å². The van der Waals surface area contributed by atoms with Gasteiger partial charge in [-0.3, -0.25) is 0 Å². The van der Waals surface area contributed by atoms with Gasteiger partial charge in [0.15, 0.2) is 0 Å². The number of oxime groups is 1. The Morgan fingerprint density at radius 1 is 1.36 bits per heavy atom. The largest absolute Gasteiger partial charge is 0.411 e. The zero-order chi connectivity index (χ0) is 8.27. The Bertz CT molecular complexity index is 286. The van der Waals surface area contributed by atoms with Crippen LogP contribution < -0.4 is 0 Å². The van der Waals surface area contributed by atoms with E-state index in [1.807, 2.05) is 0 Å². The Hall–Kier alpha value is -0.730. The van der Waals surface area contributed by atoms with Crippen LogP contribution in [0.1, 0.15) is 5.56 Å². The molecule has 0 saturated carbocycles. The highest BCUT2D eigenvalue weighted by atomic mass is 35.5. The fourth-order valence-electron chi connectivity index (χ4n) is 0.682. The summed E-state index contributed by atoms with van der Waals surface area (Å²) in [6.45, 7) is 0. The number of hydrogen-bond donors (Lipinski definition) is 1. The van der Waals surface area contributed by atoms with Gasteiger partial charge in [-0.2, -0.15) is 0 Å². The van der Waals surface area contributed by atoms with Gasteiger partial charge in [0.25, 0.3) is 0 Å². The first kappa shape index (κ1) is 8.37. The van der Waals surface area contributed by atoms with E-state index in [0.29, 0.717) is 15.6 Å². The van der Waals surface area contributed by atoms with E-state index in [1.54, 1.807) is 18.2 Å². The van der Waals surface area contributed by atoms with E-state index in [9.17, 15) is 0 Å². The standard InChI is InChI=1S/C7H5Cl2NO/c8-6-3-1-2-5(4-10-11)7(6)9/h1-4,11H/b10-4+. The molecular weight excluding hydrogens is 185 g/mol. The molecule has 1 aromatic rings. The van der Waals surface area contributed by atoms with E-state index >= 15 is 0 Å². The minimum absolute atomic E-state index is 0.395. The molecule has 0 fully saturated rings. The average molecular weight is 190 g/mol. The van der Waals surface area contributed by atoms with Crippen molar-refractivity contribution in [2.45, 2.75) is 0 Å². The van der Waals surface area contributed by atoms with Crippen molar-refractivity contribution in [1.29, 1.82) is 0 Å². The molecule has 0 heterocycles. The summed E-state index contributed by atoms with van der Waals surface area (Å²) in [5.74, 6) is 0. The fourth-order valence-corrected chi connectivity index (χ4v) is 1.04. The molecule has 0 unspecified atom stereocenters. The van der Waals surface area contributed by atoms with E-state index < -0.39 is 0 Å². The van der Waals surface area contributed by atoms with Crippen molar-refractivity contribution in [2.24, 2.45) is 5.16 Å². The van der Waals surface area contributed by atoms with Crippen molar-refractivity contribution in [1.82, 2.24) is 0 Å². The molecule has 0 aliphatic heterocycles. The summed E-state index contributed by atoms with van der Waals surface area (Å²) in [6, 6.07) is 5.10. The van der Waals surface area contributed by atoms with Gasteiger partial charge < -0.3 is 5.21 Å². The smallest absolute Gasteiger partial charge is 0.0749 e. The third kappa shape index (κ3) is 1.85. The highest BCUT2D eigenvalue weighted by Gasteiger charge is 2.00. The Morgan fingerprint density at radius 2 is 2.09 bits per heavy atom. The molecule has 0 amide bonds. The number of nitrogens with zero attached hydrogens (tertiary/aromatic N) is 1. The molecule has 58 valence electrons. The van der Waals surface area contributed by atoms with Crippen molar-refractivity contribution in [2.75, 3.05) is 0 Å². The Balaban J connectivity index is 3.16. The number of benzene rings is 1. The normalized spacial score (nSPS) is 10.7. The van der Waals surface area contributed by atoms with Gasteiger partial charge in [-0.1, -0.05) is 40.5 Å². The van der Waals surface area contributed by atoms with E-state index in [0.717, 1.165) is 0 Å². The first-order chi connectivity index (χ1) is 5.25. The van der Waals surface area contributed by atoms with Crippen LogP contribution >= 0.6 is 23.2 Å². The van der Waals surface area contributed by atoms with Crippen LogP contribution in [0.3, 0.4) is 0 Å². The van der Waals surface area contributed by atoms with Crippen LogP contribution in [0, 0.1) is 0 Å². The molecular formula is C7H5Cl2NO. The quantitative estimate of drug-likeness (QED) is 0.412. The van der Waals surface area contributed by atoms with Gasteiger partial charge in [-0.05, 0) is 6.07 Å². The summed E-state index contributed by atoms with van der Waals surface area (Å²) < 4.78 is 0. The molecule has 1 aromatic carbocycles. The lowest BCUT2D eigenvalue weighted by molar-refractivity contribution is 0.322. The lowest BCUT2D eigenvalue weighted by Gasteiger charge is -1.97. The average Bonchev–Trinajstić information content (AvgIpc) is 1.99. The molecule has 1 rings (SSSR count). The second-order valence-corrected chi connectivity index (χ2v) is 2.67. The first-order valence-corrected chi connectivity index (χ1v) is 3.62. The maximum absolute atomic E-state index is 8.20. The zero-order valence-corrected chi connectivity index (χ0v) is 6.97. The van der Waals surface area contributed by atoms with Crippen molar-refractivity contribution in [3.05, 3.63) is 33.8 Å². The van der Waals surface area contributed by atoms with Gasteiger partial charge in [0.05, 0.1) is 16.3 Å². The Kier molecular flexibility index (Phi) is 2.74. The third-order valence-electron chi connectivity index (χ3n) is 1.18. The SMILES string of the molecule is O/N=C/c1cccc(Cl)c1Cl. The predicted octanol–water partition coefficient (Wildman–Crippen LogP) is 2.80. The summed E-state index contributed by atoms with van der Waals surface area (Å²) in [7, 11) is 0. The molecule has 1 N–H and O–H groups in total. The highest BCUT2D eigenvalue weighted by Crippen LogP contribution is 2.23. The van der Waals surface area contributed by atoms with E-state index in [4.69, 9.17) is 28.4 Å². The van der Waals surface area contributed by atoms with Gasteiger partial charge >= 0.3 is 0 Å². The van der Waals surface area contributed by atoms with Crippen LogP contribution in [0.25, 0.3) is 0 Å². The summed E-state index contributed by atoms with van der Waals surface area (Å²) in [6.07, 6.45) is 1.23. The van der Waals surface area contributed by atoms with Crippen LogP contribution in [0.4, 0.5) is 0 Å². The lowest BCUT2D eigenvalue weighted by Crippen LogP contribution is -1.82. The third-order valence-corrected chi connectivity index (χ3v) is 2.01. The first-order valence-electron chi connectivity index (χ1n) is 2.87. The summed E-state index contributed by atoms with van der Waals surface area (Å²) in [5, 5.41) is 11.9. The molecule has 0 aliphatic carbocycles. The zero-order valence-electron chi connectivity index (χ0n) is 5.46. The van der Waals surface area contributed by atoms with Crippen LogP contribution in [-0.4, -0.2) is 11.4 Å². The predicted molar refractivity (Wildman–Crippen MR) is 45.8 cm³/mol. The number of hydrogen-bond acceptors (Lipinski definition) is 2. The van der Waals surface area contributed by atoms with Gasteiger partial charge in [-0.25, -0.2) is 0 Å². The van der Waals surface area contributed by atoms with E-state index in [1.165, 1.54) is 6.21 Å².